The van der Waals surface area contributed by atoms with Crippen molar-refractivity contribution in [2.45, 2.75) is 20.4 Å². The van der Waals surface area contributed by atoms with Crippen molar-refractivity contribution in [3.05, 3.63) is 83.0 Å². The molecule has 0 saturated carbocycles. The first-order chi connectivity index (χ1) is 15.8. The first kappa shape index (κ1) is 23.8. The molecular formula is C24H23N3O5S. The Balaban J connectivity index is 1.92. The third kappa shape index (κ3) is 5.67. The zero-order valence-corrected chi connectivity index (χ0v) is 19.1. The quantitative estimate of drug-likeness (QED) is 0.222. The second-order valence-corrected chi connectivity index (χ2v) is 9.10. The van der Waals surface area contributed by atoms with Crippen molar-refractivity contribution in [2.75, 3.05) is 17.1 Å². The second kappa shape index (κ2) is 10.1. The number of hydrogen-bond acceptors (Lipinski definition) is 5. The Bertz CT molecular complexity index is 1360. The van der Waals surface area contributed by atoms with Gasteiger partial charge in [0, 0.05) is 28.4 Å². The number of ketones is 1. The molecule has 0 aliphatic carbocycles. The number of aromatic nitrogens is 1. The first-order valence-electron chi connectivity index (χ1n) is 10.3. The van der Waals surface area contributed by atoms with Crippen LogP contribution in [-0.4, -0.2) is 37.1 Å². The van der Waals surface area contributed by atoms with E-state index < -0.39 is 15.8 Å². The summed E-state index contributed by atoms with van der Waals surface area (Å²) in [6.07, 6.45) is 3.20. The van der Waals surface area contributed by atoms with Crippen LogP contribution in [0.3, 0.4) is 0 Å². The number of para-hydroxylation sites is 1. The Labute approximate surface area is 192 Å². The normalized spacial score (nSPS) is 11.7. The predicted molar refractivity (Wildman–Crippen MR) is 127 cm³/mol. The van der Waals surface area contributed by atoms with Gasteiger partial charge in [-0.2, -0.15) is 0 Å². The Hall–Kier alpha value is -3.90. The van der Waals surface area contributed by atoms with Crippen LogP contribution in [-0.2, 0) is 26.1 Å². The fraction of sp³-hybridized carbons (Fsp3) is 0.208. The lowest BCUT2D eigenvalue weighted by atomic mass is 10.1. The molecule has 0 amide bonds. The number of nitrogens with zero attached hydrogens (tertiary/aromatic N) is 2. The van der Waals surface area contributed by atoms with Crippen molar-refractivity contribution in [1.29, 1.82) is 0 Å². The molecule has 9 heteroatoms. The number of carbonyl (C=O) groups excluding carboxylic acids is 2. The molecule has 8 nitrogen and oxygen atoms in total. The van der Waals surface area contributed by atoms with E-state index in [1.54, 1.807) is 17.7 Å². The molecule has 0 bridgehead atoms. The van der Waals surface area contributed by atoms with Crippen molar-refractivity contribution >= 4 is 44.4 Å². The minimum atomic E-state index is -3.43. The number of carbonyl (C=O) groups is 2. The van der Waals surface area contributed by atoms with Crippen LogP contribution in [0.25, 0.3) is 21.8 Å². The molecule has 3 rings (SSSR count). The smallest absolute Gasteiger partial charge is 0.325 e. The zero-order chi connectivity index (χ0) is 24.0. The summed E-state index contributed by atoms with van der Waals surface area (Å²) in [5.74, 6) is -0.937. The van der Waals surface area contributed by atoms with E-state index >= 15 is 0 Å². The number of ether oxygens (including phenoxy) is 1. The number of benzene rings is 2. The molecule has 3 aromatic rings. The lowest BCUT2D eigenvalue weighted by Gasteiger charge is -2.06. The number of Topliss-reactive ketones (excluding diaryl/α,β-unsaturated/α-hetero) is 1. The van der Waals surface area contributed by atoms with Gasteiger partial charge in [0.2, 0.25) is 15.7 Å². The number of esters is 1. The van der Waals surface area contributed by atoms with Crippen LogP contribution >= 0.6 is 0 Å². The molecule has 0 aliphatic heterocycles. The van der Waals surface area contributed by atoms with E-state index in [4.69, 9.17) is 11.3 Å². The maximum Gasteiger partial charge on any atom is 0.325 e. The molecule has 0 fully saturated rings. The topological polar surface area (TPSA) is 98.8 Å². The molecule has 1 aromatic heterocycles. The minimum Gasteiger partial charge on any atom is -0.465 e. The molecule has 33 heavy (non-hydrogen) atoms. The van der Waals surface area contributed by atoms with Gasteiger partial charge in [-0.3, -0.25) is 9.52 Å². The number of nitrogens with one attached hydrogen (secondary N) is 1. The highest BCUT2D eigenvalue weighted by Crippen LogP contribution is 2.25. The van der Waals surface area contributed by atoms with Gasteiger partial charge in [-0.25, -0.2) is 13.3 Å². The molecule has 0 atom stereocenters. The van der Waals surface area contributed by atoms with E-state index in [1.807, 2.05) is 24.3 Å². The number of allylic oxidation sites excluding steroid dienone is 1. The van der Waals surface area contributed by atoms with Crippen LogP contribution in [0.1, 0.15) is 29.8 Å². The van der Waals surface area contributed by atoms with Crippen LogP contribution in [0.15, 0.2) is 60.4 Å². The van der Waals surface area contributed by atoms with Crippen molar-refractivity contribution in [3.8, 4) is 0 Å². The highest BCUT2D eigenvalue weighted by molar-refractivity contribution is 7.92. The van der Waals surface area contributed by atoms with Gasteiger partial charge in [-0.05, 0) is 43.7 Å². The van der Waals surface area contributed by atoms with E-state index in [2.05, 4.69) is 9.57 Å². The van der Waals surface area contributed by atoms with Gasteiger partial charge < -0.3 is 14.1 Å². The van der Waals surface area contributed by atoms with Crippen LogP contribution in [0.4, 0.5) is 5.69 Å². The van der Waals surface area contributed by atoms with Crippen molar-refractivity contribution in [2.24, 2.45) is 0 Å². The molecule has 0 radical (unpaired) electrons. The van der Waals surface area contributed by atoms with Gasteiger partial charge >= 0.3 is 5.97 Å². The van der Waals surface area contributed by atoms with E-state index in [-0.39, 0.29) is 36.1 Å². The van der Waals surface area contributed by atoms with Gasteiger partial charge in [-0.1, -0.05) is 30.3 Å². The monoisotopic (exact) mass is 465 g/mol. The van der Waals surface area contributed by atoms with Gasteiger partial charge in [0.15, 0.2) is 5.78 Å². The lowest BCUT2D eigenvalue weighted by molar-refractivity contribution is -0.143. The van der Waals surface area contributed by atoms with Crippen LogP contribution in [0.5, 0.6) is 0 Å². The standard InChI is InChI=1S/C24H23N3O5S/c1-4-32-23(28)16-27-15-18(20-8-6-7-9-22(20)27)14-21(25-3)24(29)17-10-12-19(13-11-17)26-33(30,31)5-2/h6-15,26H,4-5,16H2,1-2H3. The second-order valence-electron chi connectivity index (χ2n) is 7.09. The van der Waals surface area contributed by atoms with Crippen LogP contribution in [0.2, 0.25) is 0 Å². The molecule has 1 heterocycles. The average Bonchev–Trinajstić information content (AvgIpc) is 3.14. The summed E-state index contributed by atoms with van der Waals surface area (Å²) in [6, 6.07) is 13.3. The number of sulfonamides is 1. The SMILES string of the molecule is [C-]#[N+]C(=Cc1cn(CC(=O)OCC)c2ccccc12)C(=O)c1ccc(NS(=O)(=O)CC)cc1. The largest absolute Gasteiger partial charge is 0.465 e. The van der Waals surface area contributed by atoms with E-state index in [0.717, 1.165) is 10.9 Å². The van der Waals surface area contributed by atoms with Gasteiger partial charge in [-0.15, -0.1) is 0 Å². The van der Waals surface area contributed by atoms with Gasteiger partial charge in [0.05, 0.1) is 18.9 Å². The Kier molecular flexibility index (Phi) is 7.30. The summed E-state index contributed by atoms with van der Waals surface area (Å²) >= 11 is 0. The highest BCUT2D eigenvalue weighted by Gasteiger charge is 2.16. The maximum atomic E-state index is 12.9. The number of rotatable bonds is 9. The fourth-order valence-corrected chi connectivity index (χ4v) is 3.89. The first-order valence-corrected chi connectivity index (χ1v) is 11.9. The number of hydrogen-bond donors (Lipinski definition) is 1. The molecule has 0 spiro atoms. The predicted octanol–water partition coefficient (Wildman–Crippen LogP) is 4.11. The van der Waals surface area contributed by atoms with Crippen molar-refractivity contribution < 1.29 is 22.7 Å². The van der Waals surface area contributed by atoms with Crippen LogP contribution in [0, 0.1) is 6.57 Å². The van der Waals surface area contributed by atoms with Crippen molar-refractivity contribution in [1.82, 2.24) is 4.57 Å². The van der Waals surface area contributed by atoms with Gasteiger partial charge in [0.25, 0.3) is 0 Å². The molecule has 0 saturated heterocycles. The Morgan fingerprint density at radius 2 is 1.82 bits per heavy atom. The third-order valence-electron chi connectivity index (χ3n) is 4.87. The molecule has 170 valence electrons. The maximum absolute atomic E-state index is 12.9. The van der Waals surface area contributed by atoms with E-state index in [0.29, 0.717) is 11.3 Å². The molecule has 2 aromatic carbocycles. The molecular weight excluding hydrogens is 442 g/mol. The summed E-state index contributed by atoms with van der Waals surface area (Å²) in [4.78, 5) is 28.3. The fourth-order valence-electron chi connectivity index (χ4n) is 3.25. The van der Waals surface area contributed by atoms with Gasteiger partial charge in [0.1, 0.15) is 6.54 Å². The Morgan fingerprint density at radius 1 is 1.12 bits per heavy atom. The Morgan fingerprint density at radius 3 is 2.45 bits per heavy atom. The van der Waals surface area contributed by atoms with E-state index in [9.17, 15) is 18.0 Å². The lowest BCUT2D eigenvalue weighted by Crippen LogP contribution is -2.14. The molecule has 0 unspecified atom stereocenters. The third-order valence-corrected chi connectivity index (χ3v) is 6.18. The molecule has 1 N–H and O–H groups in total. The van der Waals surface area contributed by atoms with Crippen LogP contribution < -0.4 is 4.72 Å². The number of fused-ring (bicyclic) bond motifs is 1. The summed E-state index contributed by atoms with van der Waals surface area (Å²) in [7, 11) is -3.43. The summed E-state index contributed by atoms with van der Waals surface area (Å²) in [5.41, 5.74) is 1.90. The van der Waals surface area contributed by atoms with E-state index in [1.165, 1.54) is 37.3 Å². The number of anilines is 1. The average molecular weight is 466 g/mol. The minimum absolute atomic E-state index is 0.0125. The van der Waals surface area contributed by atoms with Crippen molar-refractivity contribution in [3.63, 3.8) is 0 Å². The summed E-state index contributed by atoms with van der Waals surface area (Å²) in [5, 5.41) is 0.792. The zero-order valence-electron chi connectivity index (χ0n) is 18.2. The highest BCUT2D eigenvalue weighted by atomic mass is 32.2. The summed E-state index contributed by atoms with van der Waals surface area (Å²) in [6.45, 7) is 11.1. The molecule has 0 aliphatic rings. The summed E-state index contributed by atoms with van der Waals surface area (Å²) < 4.78 is 32.6.